The maximum Gasteiger partial charge on any atom is 0.246 e. The maximum atomic E-state index is 12.0. The normalized spacial score (nSPS) is 11.6. The summed E-state index contributed by atoms with van der Waals surface area (Å²) in [5, 5.41) is 3.48. The molecule has 1 rings (SSSR count). The molecular formula is C12H21N3OS. The number of carbonyl (C=O) groups excluding carboxylic acids is 1. The molecule has 0 spiro atoms. The van der Waals surface area contributed by atoms with E-state index >= 15 is 0 Å². The van der Waals surface area contributed by atoms with E-state index in [4.69, 9.17) is 5.73 Å². The van der Waals surface area contributed by atoms with Crippen LogP contribution in [0.1, 0.15) is 44.2 Å². The first kappa shape index (κ1) is 14.1. The van der Waals surface area contributed by atoms with E-state index in [1.54, 1.807) is 0 Å². The molecule has 0 unspecified atom stereocenters. The van der Waals surface area contributed by atoms with E-state index in [2.05, 4.69) is 17.2 Å². The molecular weight excluding hydrogens is 234 g/mol. The van der Waals surface area contributed by atoms with Gasteiger partial charge in [-0.25, -0.2) is 4.98 Å². The van der Waals surface area contributed by atoms with Crippen molar-refractivity contribution in [2.24, 2.45) is 5.73 Å². The Labute approximate surface area is 107 Å². The van der Waals surface area contributed by atoms with Gasteiger partial charge in [-0.3, -0.25) is 4.79 Å². The molecule has 4 nitrogen and oxygen atoms in total. The molecule has 0 aliphatic carbocycles. The topological polar surface area (TPSA) is 68.0 Å². The Morgan fingerprint density at radius 2 is 2.00 bits per heavy atom. The highest BCUT2D eigenvalue weighted by Crippen LogP contribution is 2.24. The van der Waals surface area contributed by atoms with Crippen LogP contribution in [0.4, 0.5) is 5.13 Å². The van der Waals surface area contributed by atoms with E-state index in [1.807, 2.05) is 20.8 Å². The summed E-state index contributed by atoms with van der Waals surface area (Å²) in [6, 6.07) is 0. The minimum Gasteiger partial charge on any atom is -0.317 e. The van der Waals surface area contributed by atoms with E-state index in [0.717, 1.165) is 17.0 Å². The van der Waals surface area contributed by atoms with Crippen LogP contribution in [0.5, 0.6) is 0 Å². The SMILES string of the molecule is CCc1nc(NC(=O)C(N)(CC)CC)sc1C. The Bertz CT molecular complexity index is 396. The first-order chi connectivity index (χ1) is 7.96. The lowest BCUT2D eigenvalue weighted by molar-refractivity contribution is -0.121. The lowest BCUT2D eigenvalue weighted by Gasteiger charge is -2.24. The second-order valence-electron chi connectivity index (χ2n) is 4.19. The number of nitrogens with two attached hydrogens (primary N) is 1. The van der Waals surface area contributed by atoms with E-state index < -0.39 is 5.54 Å². The fourth-order valence-corrected chi connectivity index (χ4v) is 2.50. The fraction of sp³-hybridized carbons (Fsp3) is 0.667. The second kappa shape index (κ2) is 5.60. The van der Waals surface area contributed by atoms with Crippen molar-refractivity contribution in [3.05, 3.63) is 10.6 Å². The van der Waals surface area contributed by atoms with Crippen molar-refractivity contribution >= 4 is 22.4 Å². The zero-order valence-electron chi connectivity index (χ0n) is 11.0. The number of nitrogens with zero attached hydrogens (tertiary/aromatic N) is 1. The summed E-state index contributed by atoms with van der Waals surface area (Å²) >= 11 is 1.51. The van der Waals surface area contributed by atoms with E-state index in [9.17, 15) is 4.79 Å². The molecule has 3 N–H and O–H groups in total. The number of carbonyl (C=O) groups is 1. The van der Waals surface area contributed by atoms with Gasteiger partial charge in [0, 0.05) is 4.88 Å². The molecule has 0 fully saturated rings. The smallest absolute Gasteiger partial charge is 0.246 e. The minimum atomic E-state index is -0.786. The van der Waals surface area contributed by atoms with Crippen LogP contribution in [-0.2, 0) is 11.2 Å². The van der Waals surface area contributed by atoms with Crippen molar-refractivity contribution in [3.63, 3.8) is 0 Å². The van der Waals surface area contributed by atoms with Gasteiger partial charge in [0.25, 0.3) is 0 Å². The Balaban J connectivity index is 2.80. The summed E-state index contributed by atoms with van der Waals surface area (Å²) in [6.07, 6.45) is 2.13. The van der Waals surface area contributed by atoms with Crippen molar-refractivity contribution in [2.75, 3.05) is 5.32 Å². The largest absolute Gasteiger partial charge is 0.317 e. The third-order valence-electron chi connectivity index (χ3n) is 3.16. The quantitative estimate of drug-likeness (QED) is 0.849. The van der Waals surface area contributed by atoms with Gasteiger partial charge in [0.05, 0.1) is 11.2 Å². The highest BCUT2D eigenvalue weighted by molar-refractivity contribution is 7.15. The molecule has 17 heavy (non-hydrogen) atoms. The number of aryl methyl sites for hydroxylation is 2. The summed E-state index contributed by atoms with van der Waals surface area (Å²) in [5.41, 5.74) is 6.29. The average molecular weight is 255 g/mol. The summed E-state index contributed by atoms with van der Waals surface area (Å²) in [5.74, 6) is -0.140. The van der Waals surface area contributed by atoms with Gasteiger partial charge in [-0.15, -0.1) is 11.3 Å². The van der Waals surface area contributed by atoms with Gasteiger partial charge in [0.1, 0.15) is 0 Å². The van der Waals surface area contributed by atoms with Gasteiger partial charge in [-0.05, 0) is 26.2 Å². The maximum absolute atomic E-state index is 12.0. The molecule has 0 saturated heterocycles. The monoisotopic (exact) mass is 255 g/mol. The van der Waals surface area contributed by atoms with Crippen LogP contribution in [0.3, 0.4) is 0 Å². The second-order valence-corrected chi connectivity index (χ2v) is 5.40. The van der Waals surface area contributed by atoms with Crippen LogP contribution in [-0.4, -0.2) is 16.4 Å². The van der Waals surface area contributed by atoms with E-state index in [1.165, 1.54) is 11.3 Å². The van der Waals surface area contributed by atoms with Crippen molar-refractivity contribution in [3.8, 4) is 0 Å². The standard InChI is InChI=1S/C12H21N3OS/c1-5-9-8(4)17-11(14-9)15-10(16)12(13,6-2)7-3/h5-7,13H2,1-4H3,(H,14,15,16). The van der Waals surface area contributed by atoms with Gasteiger partial charge in [0.15, 0.2) is 5.13 Å². The lowest BCUT2D eigenvalue weighted by Crippen LogP contribution is -2.50. The van der Waals surface area contributed by atoms with Crippen molar-refractivity contribution < 1.29 is 4.79 Å². The first-order valence-electron chi connectivity index (χ1n) is 6.03. The summed E-state index contributed by atoms with van der Waals surface area (Å²) in [4.78, 5) is 17.6. The van der Waals surface area contributed by atoms with Crippen LogP contribution >= 0.6 is 11.3 Å². The molecule has 0 saturated carbocycles. The number of hydrogen-bond donors (Lipinski definition) is 2. The zero-order valence-corrected chi connectivity index (χ0v) is 11.8. The highest BCUT2D eigenvalue weighted by Gasteiger charge is 2.30. The van der Waals surface area contributed by atoms with Crippen LogP contribution < -0.4 is 11.1 Å². The van der Waals surface area contributed by atoms with Gasteiger partial charge in [0.2, 0.25) is 5.91 Å². The molecule has 1 heterocycles. The summed E-state index contributed by atoms with van der Waals surface area (Å²) < 4.78 is 0. The molecule has 1 aromatic heterocycles. The van der Waals surface area contributed by atoms with Crippen molar-refractivity contribution in [2.45, 2.75) is 52.5 Å². The van der Waals surface area contributed by atoms with Crippen molar-refractivity contribution in [1.29, 1.82) is 0 Å². The van der Waals surface area contributed by atoms with E-state index in [0.29, 0.717) is 18.0 Å². The zero-order chi connectivity index (χ0) is 13.1. The predicted molar refractivity (Wildman–Crippen MR) is 72.4 cm³/mol. The molecule has 0 bridgehead atoms. The van der Waals surface area contributed by atoms with E-state index in [-0.39, 0.29) is 5.91 Å². The predicted octanol–water partition coefficient (Wildman–Crippen LogP) is 2.47. The molecule has 0 aliphatic heterocycles. The first-order valence-corrected chi connectivity index (χ1v) is 6.85. The third kappa shape index (κ3) is 3.04. The van der Waals surface area contributed by atoms with Gasteiger partial charge >= 0.3 is 0 Å². The molecule has 5 heteroatoms. The number of aromatic nitrogens is 1. The van der Waals surface area contributed by atoms with Crippen LogP contribution in [0.15, 0.2) is 0 Å². The molecule has 0 radical (unpaired) electrons. The fourth-order valence-electron chi connectivity index (χ4n) is 1.60. The number of thiazole rings is 1. The average Bonchev–Trinajstić information content (AvgIpc) is 2.68. The Morgan fingerprint density at radius 3 is 2.41 bits per heavy atom. The number of amides is 1. The number of rotatable bonds is 5. The molecule has 1 amide bonds. The third-order valence-corrected chi connectivity index (χ3v) is 4.09. The van der Waals surface area contributed by atoms with Crippen molar-refractivity contribution in [1.82, 2.24) is 4.98 Å². The number of nitrogens with one attached hydrogen (secondary N) is 1. The van der Waals surface area contributed by atoms with Crippen LogP contribution in [0.25, 0.3) is 0 Å². The molecule has 1 aromatic rings. The van der Waals surface area contributed by atoms with Crippen LogP contribution in [0, 0.1) is 6.92 Å². The Kier molecular flexibility index (Phi) is 4.65. The van der Waals surface area contributed by atoms with Gasteiger partial charge < -0.3 is 11.1 Å². The number of anilines is 1. The molecule has 0 atom stereocenters. The highest BCUT2D eigenvalue weighted by atomic mass is 32.1. The number of hydrogen-bond acceptors (Lipinski definition) is 4. The summed E-state index contributed by atoms with van der Waals surface area (Å²) in [7, 11) is 0. The van der Waals surface area contributed by atoms with Gasteiger partial charge in [-0.1, -0.05) is 20.8 Å². The van der Waals surface area contributed by atoms with Crippen LogP contribution in [0.2, 0.25) is 0 Å². The lowest BCUT2D eigenvalue weighted by atomic mass is 9.93. The summed E-state index contributed by atoms with van der Waals surface area (Å²) in [6.45, 7) is 7.92. The Morgan fingerprint density at radius 1 is 1.41 bits per heavy atom. The Hall–Kier alpha value is -0.940. The van der Waals surface area contributed by atoms with Gasteiger partial charge in [-0.2, -0.15) is 0 Å². The molecule has 96 valence electrons. The minimum absolute atomic E-state index is 0.140. The molecule has 0 aromatic carbocycles. The molecule has 0 aliphatic rings.